The lowest BCUT2D eigenvalue weighted by molar-refractivity contribution is 0.106. The Morgan fingerprint density at radius 3 is 2.54 bits per heavy atom. The maximum absolute atomic E-state index is 5.58. The lowest BCUT2D eigenvalue weighted by Gasteiger charge is -2.24. The van der Waals surface area contributed by atoms with Crippen molar-refractivity contribution in [2.75, 3.05) is 13.2 Å². The minimum absolute atomic E-state index is 0.516. The molecule has 1 heterocycles. The van der Waals surface area contributed by atoms with Gasteiger partial charge in [0.25, 0.3) is 0 Å². The molecule has 0 aromatic rings. The van der Waals surface area contributed by atoms with Crippen LogP contribution in [0.15, 0.2) is 0 Å². The molecule has 2 fully saturated rings. The molecule has 1 N–H and O–H groups in total. The first kappa shape index (κ1) is 9.47. The zero-order valence-electron chi connectivity index (χ0n) is 8.43. The third kappa shape index (κ3) is 2.96. The molecule has 0 aromatic heterocycles. The van der Waals surface area contributed by atoms with E-state index in [4.69, 9.17) is 4.74 Å². The molecule has 2 rings (SSSR count). The van der Waals surface area contributed by atoms with E-state index in [1.54, 1.807) is 0 Å². The predicted octanol–water partition coefficient (Wildman–Crippen LogP) is 2.09. The van der Waals surface area contributed by atoms with Crippen LogP contribution in [0.5, 0.6) is 0 Å². The van der Waals surface area contributed by atoms with Gasteiger partial charge in [-0.15, -0.1) is 0 Å². The molecule has 2 heteroatoms. The summed E-state index contributed by atoms with van der Waals surface area (Å²) in [5.74, 6) is 0. The summed E-state index contributed by atoms with van der Waals surface area (Å²) in [4.78, 5) is 0. The highest BCUT2D eigenvalue weighted by Gasteiger charge is 2.18. The first-order valence-corrected chi connectivity index (χ1v) is 5.80. The van der Waals surface area contributed by atoms with Crippen LogP contribution in [0.1, 0.15) is 44.9 Å². The van der Waals surface area contributed by atoms with Gasteiger partial charge in [0.1, 0.15) is 0 Å². The maximum atomic E-state index is 5.58. The molecule has 0 spiro atoms. The maximum Gasteiger partial charge on any atom is 0.0700 e. The van der Waals surface area contributed by atoms with E-state index >= 15 is 0 Å². The quantitative estimate of drug-likeness (QED) is 0.723. The SMILES string of the molecule is C1CCC(NC[C@H]2CCCO2)CC1. The van der Waals surface area contributed by atoms with Gasteiger partial charge in [-0.3, -0.25) is 0 Å². The van der Waals surface area contributed by atoms with Crippen LogP contribution in [0.2, 0.25) is 0 Å². The van der Waals surface area contributed by atoms with Crippen molar-refractivity contribution in [1.29, 1.82) is 0 Å². The smallest absolute Gasteiger partial charge is 0.0700 e. The standard InChI is InChI=1S/C11H21NO/c1-2-5-10(6-3-1)12-9-11-7-4-8-13-11/h10-12H,1-9H2/t11-/m1/s1. The van der Waals surface area contributed by atoms with E-state index in [9.17, 15) is 0 Å². The fraction of sp³-hybridized carbons (Fsp3) is 1.00. The van der Waals surface area contributed by atoms with Gasteiger partial charge in [-0.1, -0.05) is 19.3 Å². The lowest BCUT2D eigenvalue weighted by Crippen LogP contribution is -2.36. The van der Waals surface area contributed by atoms with Crippen molar-refractivity contribution >= 4 is 0 Å². The summed E-state index contributed by atoms with van der Waals surface area (Å²) in [6.07, 6.45) is 10.1. The molecular formula is C11H21NO. The predicted molar refractivity (Wildman–Crippen MR) is 53.8 cm³/mol. The number of rotatable bonds is 3. The Bertz CT molecular complexity index is 137. The zero-order chi connectivity index (χ0) is 8.93. The summed E-state index contributed by atoms with van der Waals surface area (Å²) in [7, 11) is 0. The topological polar surface area (TPSA) is 21.3 Å². The summed E-state index contributed by atoms with van der Waals surface area (Å²) in [6.45, 7) is 2.07. The molecule has 1 saturated heterocycles. The van der Waals surface area contributed by atoms with E-state index in [1.165, 1.54) is 44.9 Å². The minimum atomic E-state index is 0.516. The average Bonchev–Trinajstić information content (AvgIpc) is 2.69. The van der Waals surface area contributed by atoms with Gasteiger partial charge >= 0.3 is 0 Å². The van der Waals surface area contributed by atoms with Crippen molar-refractivity contribution in [2.24, 2.45) is 0 Å². The molecule has 13 heavy (non-hydrogen) atoms. The molecule has 2 nitrogen and oxygen atoms in total. The van der Waals surface area contributed by atoms with Crippen LogP contribution in [-0.2, 0) is 4.74 Å². The van der Waals surface area contributed by atoms with Gasteiger partial charge in [-0.05, 0) is 25.7 Å². The van der Waals surface area contributed by atoms with E-state index in [2.05, 4.69) is 5.32 Å². The third-order valence-corrected chi connectivity index (χ3v) is 3.26. The number of ether oxygens (including phenoxy) is 1. The van der Waals surface area contributed by atoms with Crippen LogP contribution < -0.4 is 5.32 Å². The van der Waals surface area contributed by atoms with Gasteiger partial charge in [0.2, 0.25) is 0 Å². The van der Waals surface area contributed by atoms with Gasteiger partial charge in [0.05, 0.1) is 6.10 Å². The fourth-order valence-corrected chi connectivity index (χ4v) is 2.41. The number of hydrogen-bond donors (Lipinski definition) is 1. The fourth-order valence-electron chi connectivity index (χ4n) is 2.41. The van der Waals surface area contributed by atoms with Crippen molar-refractivity contribution < 1.29 is 4.74 Å². The van der Waals surface area contributed by atoms with Crippen LogP contribution >= 0.6 is 0 Å². The summed E-state index contributed by atoms with van der Waals surface area (Å²) < 4.78 is 5.58. The second-order valence-electron chi connectivity index (χ2n) is 4.38. The summed E-state index contributed by atoms with van der Waals surface area (Å²) in [6, 6.07) is 0.790. The van der Waals surface area contributed by atoms with E-state index < -0.39 is 0 Å². The molecule has 1 aliphatic carbocycles. The van der Waals surface area contributed by atoms with Crippen LogP contribution in [0, 0.1) is 0 Å². The first-order chi connectivity index (χ1) is 6.45. The highest BCUT2D eigenvalue weighted by atomic mass is 16.5. The zero-order valence-corrected chi connectivity index (χ0v) is 8.43. The molecule has 0 radical (unpaired) electrons. The number of hydrogen-bond acceptors (Lipinski definition) is 2. The lowest BCUT2D eigenvalue weighted by atomic mass is 9.95. The van der Waals surface area contributed by atoms with E-state index in [0.29, 0.717) is 6.10 Å². The normalized spacial score (nSPS) is 30.9. The molecule has 76 valence electrons. The van der Waals surface area contributed by atoms with Gasteiger partial charge in [-0.2, -0.15) is 0 Å². The summed E-state index contributed by atoms with van der Waals surface area (Å²) in [5.41, 5.74) is 0. The summed E-state index contributed by atoms with van der Waals surface area (Å²) in [5, 5.41) is 3.64. The van der Waals surface area contributed by atoms with Crippen LogP contribution in [0.25, 0.3) is 0 Å². The third-order valence-electron chi connectivity index (χ3n) is 3.26. The van der Waals surface area contributed by atoms with Crippen LogP contribution in [0.3, 0.4) is 0 Å². The molecule has 0 aromatic carbocycles. The van der Waals surface area contributed by atoms with E-state index in [-0.39, 0.29) is 0 Å². The first-order valence-electron chi connectivity index (χ1n) is 5.80. The molecule has 0 unspecified atom stereocenters. The Morgan fingerprint density at radius 1 is 1.00 bits per heavy atom. The molecule has 1 saturated carbocycles. The Balaban J connectivity index is 1.60. The largest absolute Gasteiger partial charge is 0.377 e. The molecule has 2 aliphatic rings. The van der Waals surface area contributed by atoms with Gasteiger partial charge in [0.15, 0.2) is 0 Å². The second-order valence-corrected chi connectivity index (χ2v) is 4.38. The molecule has 0 amide bonds. The Labute approximate surface area is 81.0 Å². The van der Waals surface area contributed by atoms with Crippen molar-refractivity contribution in [3.05, 3.63) is 0 Å². The second kappa shape index (κ2) is 4.97. The van der Waals surface area contributed by atoms with Crippen molar-refractivity contribution in [3.8, 4) is 0 Å². The molecular weight excluding hydrogens is 162 g/mol. The average molecular weight is 183 g/mol. The van der Waals surface area contributed by atoms with Crippen molar-refractivity contribution in [3.63, 3.8) is 0 Å². The van der Waals surface area contributed by atoms with Crippen LogP contribution in [-0.4, -0.2) is 25.3 Å². The van der Waals surface area contributed by atoms with E-state index in [1.807, 2.05) is 0 Å². The van der Waals surface area contributed by atoms with Crippen molar-refractivity contribution in [1.82, 2.24) is 5.32 Å². The highest BCUT2D eigenvalue weighted by molar-refractivity contribution is 4.75. The Hall–Kier alpha value is -0.0800. The van der Waals surface area contributed by atoms with Gasteiger partial charge in [-0.25, -0.2) is 0 Å². The molecule has 1 atom stereocenters. The molecule has 0 bridgehead atoms. The van der Waals surface area contributed by atoms with E-state index in [0.717, 1.165) is 19.2 Å². The Morgan fingerprint density at radius 2 is 1.85 bits per heavy atom. The van der Waals surface area contributed by atoms with Crippen LogP contribution in [0.4, 0.5) is 0 Å². The minimum Gasteiger partial charge on any atom is -0.377 e. The molecule has 1 aliphatic heterocycles. The van der Waals surface area contributed by atoms with Gasteiger partial charge in [0, 0.05) is 19.2 Å². The van der Waals surface area contributed by atoms with Crippen molar-refractivity contribution in [2.45, 2.75) is 57.1 Å². The Kier molecular flexibility index (Phi) is 3.62. The monoisotopic (exact) mass is 183 g/mol. The highest BCUT2D eigenvalue weighted by Crippen LogP contribution is 2.18. The van der Waals surface area contributed by atoms with Gasteiger partial charge < -0.3 is 10.1 Å². The number of nitrogens with one attached hydrogen (secondary N) is 1. The summed E-state index contributed by atoms with van der Waals surface area (Å²) >= 11 is 0.